The van der Waals surface area contributed by atoms with Gasteiger partial charge in [0.15, 0.2) is 5.76 Å². The lowest BCUT2D eigenvalue weighted by Gasteiger charge is -2.07. The topological polar surface area (TPSA) is 63.2 Å². The van der Waals surface area contributed by atoms with Gasteiger partial charge in [-0.15, -0.1) is 0 Å². The zero-order valence-corrected chi connectivity index (χ0v) is 11.3. The van der Waals surface area contributed by atoms with E-state index in [0.29, 0.717) is 22.3 Å². The van der Waals surface area contributed by atoms with E-state index < -0.39 is 0 Å². The number of hydrogen-bond donors (Lipinski definition) is 0. The van der Waals surface area contributed by atoms with Gasteiger partial charge in [0.05, 0.1) is 12.5 Å². The Labute approximate surface area is 120 Å². The molecule has 0 unspecified atom stereocenters. The molecule has 4 heteroatoms. The van der Waals surface area contributed by atoms with Gasteiger partial charge < -0.3 is 9.15 Å². The Morgan fingerprint density at radius 1 is 1.14 bits per heavy atom. The van der Waals surface area contributed by atoms with Crippen molar-refractivity contribution >= 4 is 11.0 Å². The summed E-state index contributed by atoms with van der Waals surface area (Å²) in [5.41, 5.74) is 0.771. The maximum absolute atomic E-state index is 12.4. The van der Waals surface area contributed by atoms with E-state index in [0.717, 1.165) is 0 Å². The van der Waals surface area contributed by atoms with Crippen molar-refractivity contribution in [3.05, 3.63) is 64.3 Å². The molecule has 0 atom stereocenters. The van der Waals surface area contributed by atoms with Crippen LogP contribution in [0.3, 0.4) is 0 Å². The van der Waals surface area contributed by atoms with Gasteiger partial charge in [-0.05, 0) is 24.3 Å². The minimum absolute atomic E-state index is 0.00181. The lowest BCUT2D eigenvalue weighted by molar-refractivity contribution is 0.415. The number of fused-ring (bicyclic) bond motifs is 1. The van der Waals surface area contributed by atoms with Gasteiger partial charge in [0.2, 0.25) is 5.43 Å². The van der Waals surface area contributed by atoms with E-state index in [-0.39, 0.29) is 16.8 Å². The molecule has 102 valence electrons. The first-order valence-electron chi connectivity index (χ1n) is 6.35. The highest BCUT2D eigenvalue weighted by Crippen LogP contribution is 2.28. The third-order valence-corrected chi connectivity index (χ3v) is 3.24. The maximum Gasteiger partial charge on any atom is 0.211 e. The van der Waals surface area contributed by atoms with Gasteiger partial charge in [-0.2, -0.15) is 5.26 Å². The highest BCUT2D eigenvalue weighted by Gasteiger charge is 2.15. The van der Waals surface area contributed by atoms with E-state index in [1.807, 2.05) is 6.07 Å². The summed E-state index contributed by atoms with van der Waals surface area (Å²) in [6.45, 7) is 0. The minimum atomic E-state index is -0.322. The van der Waals surface area contributed by atoms with Crippen LogP contribution in [0.4, 0.5) is 0 Å². The fraction of sp³-hybridized carbons (Fsp3) is 0.0588. The van der Waals surface area contributed by atoms with Crippen LogP contribution in [0.5, 0.6) is 5.75 Å². The Hall–Kier alpha value is -3.06. The molecule has 0 aliphatic carbocycles. The average Bonchev–Trinajstić information content (AvgIpc) is 2.55. The summed E-state index contributed by atoms with van der Waals surface area (Å²) >= 11 is 0. The average molecular weight is 277 g/mol. The van der Waals surface area contributed by atoms with E-state index in [1.165, 1.54) is 0 Å². The second-order valence-electron chi connectivity index (χ2n) is 4.48. The molecule has 0 bridgehead atoms. The van der Waals surface area contributed by atoms with Crippen molar-refractivity contribution < 1.29 is 9.15 Å². The molecule has 0 radical (unpaired) electrons. The summed E-state index contributed by atoms with van der Waals surface area (Å²) in [4.78, 5) is 12.4. The van der Waals surface area contributed by atoms with E-state index in [9.17, 15) is 10.1 Å². The molecular formula is C17H11NO3. The molecule has 3 rings (SSSR count). The van der Waals surface area contributed by atoms with Gasteiger partial charge in [0, 0.05) is 5.56 Å². The summed E-state index contributed by atoms with van der Waals surface area (Å²) in [5.74, 6) is 0.896. The first kappa shape index (κ1) is 12.9. The summed E-state index contributed by atoms with van der Waals surface area (Å²) in [7, 11) is 1.56. The lowest BCUT2D eigenvalue weighted by Crippen LogP contribution is -2.08. The third-order valence-electron chi connectivity index (χ3n) is 3.24. The molecule has 2 aromatic carbocycles. The van der Waals surface area contributed by atoms with E-state index in [1.54, 1.807) is 55.6 Å². The molecule has 0 spiro atoms. The molecule has 0 amide bonds. The highest BCUT2D eigenvalue weighted by molar-refractivity contribution is 5.81. The zero-order valence-electron chi connectivity index (χ0n) is 11.3. The molecule has 0 fully saturated rings. The number of nitrogens with zero attached hydrogens (tertiary/aromatic N) is 1. The predicted octanol–water partition coefficient (Wildman–Crippen LogP) is 3.34. The largest absolute Gasteiger partial charge is 0.497 e. The molecule has 1 heterocycles. The van der Waals surface area contributed by atoms with Crippen molar-refractivity contribution in [2.24, 2.45) is 0 Å². The smallest absolute Gasteiger partial charge is 0.211 e. The van der Waals surface area contributed by atoms with Gasteiger partial charge in [0.1, 0.15) is 23.0 Å². The molecule has 0 N–H and O–H groups in total. The van der Waals surface area contributed by atoms with Gasteiger partial charge in [-0.3, -0.25) is 4.79 Å². The van der Waals surface area contributed by atoms with Crippen LogP contribution in [0.1, 0.15) is 5.56 Å². The van der Waals surface area contributed by atoms with Crippen molar-refractivity contribution in [3.8, 4) is 23.1 Å². The van der Waals surface area contributed by atoms with E-state index in [4.69, 9.17) is 9.15 Å². The first-order chi connectivity index (χ1) is 10.2. The SMILES string of the molecule is COc1cccc(-c2oc3ccccc3c(=O)c2C#N)c1. The lowest BCUT2D eigenvalue weighted by atomic mass is 10.1. The van der Waals surface area contributed by atoms with Crippen LogP contribution >= 0.6 is 0 Å². The van der Waals surface area contributed by atoms with Crippen LogP contribution in [-0.2, 0) is 0 Å². The molecule has 0 saturated heterocycles. The monoisotopic (exact) mass is 277 g/mol. The number of benzene rings is 2. The Bertz CT molecular complexity index is 919. The van der Waals surface area contributed by atoms with E-state index in [2.05, 4.69) is 0 Å². The number of nitriles is 1. The quantitative estimate of drug-likeness (QED) is 0.720. The second-order valence-corrected chi connectivity index (χ2v) is 4.48. The normalized spacial score (nSPS) is 10.3. The Balaban J connectivity index is 2.36. The molecule has 0 saturated carbocycles. The van der Waals surface area contributed by atoms with Crippen LogP contribution in [0.25, 0.3) is 22.3 Å². The molecule has 4 nitrogen and oxygen atoms in total. The minimum Gasteiger partial charge on any atom is -0.497 e. The summed E-state index contributed by atoms with van der Waals surface area (Å²) in [6, 6.07) is 15.9. The molecule has 21 heavy (non-hydrogen) atoms. The molecule has 0 aliphatic rings. The third kappa shape index (κ3) is 2.15. The summed E-state index contributed by atoms with van der Waals surface area (Å²) in [6.07, 6.45) is 0. The van der Waals surface area contributed by atoms with Gasteiger partial charge >= 0.3 is 0 Å². The predicted molar refractivity (Wildman–Crippen MR) is 79.2 cm³/mol. The van der Waals surface area contributed by atoms with E-state index >= 15 is 0 Å². The number of ether oxygens (including phenoxy) is 1. The number of para-hydroxylation sites is 1. The molecular weight excluding hydrogens is 266 g/mol. The molecule has 0 aliphatic heterocycles. The fourth-order valence-corrected chi connectivity index (χ4v) is 2.21. The van der Waals surface area contributed by atoms with Crippen LogP contribution in [0.15, 0.2) is 57.7 Å². The van der Waals surface area contributed by atoms with Crippen molar-refractivity contribution in [3.63, 3.8) is 0 Å². The fourth-order valence-electron chi connectivity index (χ4n) is 2.21. The van der Waals surface area contributed by atoms with Crippen LogP contribution < -0.4 is 10.2 Å². The second kappa shape index (κ2) is 5.14. The number of hydrogen-bond acceptors (Lipinski definition) is 4. The zero-order chi connectivity index (χ0) is 14.8. The molecule has 3 aromatic rings. The van der Waals surface area contributed by atoms with Gasteiger partial charge in [-0.25, -0.2) is 0 Å². The summed E-state index contributed by atoms with van der Waals surface area (Å²) < 4.78 is 10.9. The van der Waals surface area contributed by atoms with Crippen molar-refractivity contribution in [2.75, 3.05) is 7.11 Å². The number of methoxy groups -OCH3 is 1. The number of rotatable bonds is 2. The van der Waals surface area contributed by atoms with Gasteiger partial charge in [0.25, 0.3) is 0 Å². The highest BCUT2D eigenvalue weighted by atomic mass is 16.5. The van der Waals surface area contributed by atoms with Crippen LogP contribution in [0, 0.1) is 11.3 Å². The van der Waals surface area contributed by atoms with Gasteiger partial charge in [-0.1, -0.05) is 24.3 Å². The Kier molecular flexibility index (Phi) is 3.17. The maximum atomic E-state index is 12.4. The first-order valence-corrected chi connectivity index (χ1v) is 6.35. The van der Waals surface area contributed by atoms with Crippen molar-refractivity contribution in [1.82, 2.24) is 0 Å². The van der Waals surface area contributed by atoms with Crippen LogP contribution in [0.2, 0.25) is 0 Å². The van der Waals surface area contributed by atoms with Crippen LogP contribution in [-0.4, -0.2) is 7.11 Å². The standard InChI is InChI=1S/C17H11NO3/c1-20-12-6-4-5-11(9-12)17-14(10-18)16(19)13-7-2-3-8-15(13)21-17/h2-9H,1H3. The Morgan fingerprint density at radius 2 is 1.95 bits per heavy atom. The van der Waals surface area contributed by atoms with Crippen molar-refractivity contribution in [1.29, 1.82) is 5.26 Å². The molecule has 1 aromatic heterocycles. The van der Waals surface area contributed by atoms with Crippen molar-refractivity contribution in [2.45, 2.75) is 0 Å². The Morgan fingerprint density at radius 3 is 2.71 bits per heavy atom. The summed E-state index contributed by atoms with van der Waals surface area (Å²) in [5, 5.41) is 9.71.